The van der Waals surface area contributed by atoms with E-state index in [9.17, 15) is 14.7 Å². The monoisotopic (exact) mass is 277 g/mol. The maximum atomic E-state index is 11.4. The van der Waals surface area contributed by atoms with Gasteiger partial charge < -0.3 is 15.2 Å². The number of aldehydes is 1. The van der Waals surface area contributed by atoms with Crippen LogP contribution in [0.1, 0.15) is 36.7 Å². The van der Waals surface area contributed by atoms with E-state index in [0.29, 0.717) is 12.8 Å². The van der Waals surface area contributed by atoms with Crippen LogP contribution in [0.15, 0.2) is 24.3 Å². The molecule has 0 aliphatic heterocycles. The van der Waals surface area contributed by atoms with Crippen molar-refractivity contribution in [2.24, 2.45) is 0 Å². The summed E-state index contributed by atoms with van der Waals surface area (Å²) in [6.45, 7) is 5.69. The zero-order valence-electron chi connectivity index (χ0n) is 11.8. The number of hydrogen-bond acceptors (Lipinski definition) is 4. The molecule has 5 nitrogen and oxygen atoms in total. The minimum Gasteiger partial charge on any atom is -0.507 e. The average molecular weight is 277 g/mol. The molecule has 0 radical (unpaired) electrons. The summed E-state index contributed by atoms with van der Waals surface area (Å²) >= 11 is 0. The molecule has 0 bridgehead atoms. The normalized spacial score (nSPS) is 11.3. The summed E-state index contributed by atoms with van der Waals surface area (Å²) < 4.78 is 5.08. The van der Waals surface area contributed by atoms with Crippen LogP contribution < -0.4 is 5.32 Å². The van der Waals surface area contributed by atoms with E-state index in [4.69, 9.17) is 4.74 Å². The standard InChI is InChI=1S/C15H19NO4/c1-15(2,3)20-14(19)16-8-4-5-11-6-7-13(18)12(9-11)10-17/h4-7,9-10,18H,8H2,1-3H3,(H,16,19). The van der Waals surface area contributed by atoms with E-state index >= 15 is 0 Å². The molecule has 5 heteroatoms. The minimum absolute atomic E-state index is 0.0518. The average Bonchev–Trinajstić information content (AvgIpc) is 2.34. The first-order valence-electron chi connectivity index (χ1n) is 6.23. The number of phenolic OH excluding ortho intramolecular Hbond substituents is 1. The van der Waals surface area contributed by atoms with E-state index in [1.807, 2.05) is 0 Å². The van der Waals surface area contributed by atoms with E-state index in [1.165, 1.54) is 6.07 Å². The number of amides is 1. The van der Waals surface area contributed by atoms with Crippen molar-refractivity contribution in [2.45, 2.75) is 26.4 Å². The molecule has 0 unspecified atom stereocenters. The predicted octanol–water partition coefficient (Wildman–Crippen LogP) is 2.74. The van der Waals surface area contributed by atoms with Crippen molar-refractivity contribution in [1.82, 2.24) is 5.32 Å². The largest absolute Gasteiger partial charge is 0.507 e. The molecule has 1 rings (SSSR count). The molecule has 0 spiro atoms. The summed E-state index contributed by atoms with van der Waals surface area (Å²) in [5.41, 5.74) is 0.465. The van der Waals surface area contributed by atoms with Crippen molar-refractivity contribution in [1.29, 1.82) is 0 Å². The fraction of sp³-hybridized carbons (Fsp3) is 0.333. The topological polar surface area (TPSA) is 75.6 Å². The maximum Gasteiger partial charge on any atom is 0.407 e. The SMILES string of the molecule is CC(C)(C)OC(=O)NCC=Cc1ccc(O)c(C=O)c1. The molecule has 0 aromatic heterocycles. The lowest BCUT2D eigenvalue weighted by molar-refractivity contribution is 0.0534. The van der Waals surface area contributed by atoms with Crippen LogP contribution in [-0.2, 0) is 4.74 Å². The second kappa shape index (κ2) is 6.75. The molecular weight excluding hydrogens is 258 g/mol. The molecular formula is C15H19NO4. The van der Waals surface area contributed by atoms with Crippen LogP contribution in [0.5, 0.6) is 5.75 Å². The van der Waals surface area contributed by atoms with Gasteiger partial charge >= 0.3 is 6.09 Å². The lowest BCUT2D eigenvalue weighted by Crippen LogP contribution is -2.32. The van der Waals surface area contributed by atoms with E-state index in [-0.39, 0.29) is 11.3 Å². The van der Waals surface area contributed by atoms with Crippen LogP contribution in [0.4, 0.5) is 4.79 Å². The highest BCUT2D eigenvalue weighted by molar-refractivity contribution is 5.80. The summed E-state index contributed by atoms with van der Waals surface area (Å²) in [6, 6.07) is 4.68. The van der Waals surface area contributed by atoms with Gasteiger partial charge in [0.15, 0.2) is 6.29 Å². The fourth-order valence-corrected chi connectivity index (χ4v) is 1.42. The summed E-state index contributed by atoms with van der Waals surface area (Å²) in [5, 5.41) is 11.9. The Kier molecular flexibility index (Phi) is 5.32. The number of carbonyl (C=O) groups is 2. The Bertz CT molecular complexity index is 515. The quantitative estimate of drug-likeness (QED) is 0.830. The van der Waals surface area contributed by atoms with Gasteiger partial charge in [-0.05, 0) is 38.5 Å². The first-order valence-corrected chi connectivity index (χ1v) is 6.23. The van der Waals surface area contributed by atoms with E-state index < -0.39 is 11.7 Å². The minimum atomic E-state index is -0.524. The zero-order chi connectivity index (χ0) is 15.2. The highest BCUT2D eigenvalue weighted by atomic mass is 16.6. The van der Waals surface area contributed by atoms with Gasteiger partial charge in [-0.2, -0.15) is 0 Å². The van der Waals surface area contributed by atoms with Gasteiger partial charge in [0.25, 0.3) is 0 Å². The van der Waals surface area contributed by atoms with Crippen molar-refractivity contribution in [2.75, 3.05) is 6.54 Å². The lowest BCUT2D eigenvalue weighted by Gasteiger charge is -2.19. The molecule has 0 saturated heterocycles. The second-order valence-electron chi connectivity index (χ2n) is 5.22. The van der Waals surface area contributed by atoms with Crippen LogP contribution >= 0.6 is 0 Å². The summed E-state index contributed by atoms with van der Waals surface area (Å²) in [7, 11) is 0. The van der Waals surface area contributed by atoms with Crippen molar-refractivity contribution in [3.8, 4) is 5.75 Å². The molecule has 0 aliphatic carbocycles. The Hall–Kier alpha value is -2.30. The van der Waals surface area contributed by atoms with Gasteiger partial charge in [0, 0.05) is 6.54 Å². The fourth-order valence-electron chi connectivity index (χ4n) is 1.42. The molecule has 0 fully saturated rings. The number of ether oxygens (including phenoxy) is 1. The lowest BCUT2D eigenvalue weighted by atomic mass is 10.1. The summed E-state index contributed by atoms with van der Waals surface area (Å²) in [6.07, 6.45) is 3.57. The smallest absolute Gasteiger partial charge is 0.407 e. The Balaban J connectivity index is 2.49. The first kappa shape index (κ1) is 15.8. The van der Waals surface area contributed by atoms with Gasteiger partial charge in [-0.3, -0.25) is 4.79 Å². The molecule has 2 N–H and O–H groups in total. The van der Waals surface area contributed by atoms with Gasteiger partial charge in [-0.25, -0.2) is 4.79 Å². The molecule has 0 atom stereocenters. The molecule has 20 heavy (non-hydrogen) atoms. The van der Waals surface area contributed by atoms with Gasteiger partial charge in [0.1, 0.15) is 11.4 Å². The highest BCUT2D eigenvalue weighted by Gasteiger charge is 2.14. The van der Waals surface area contributed by atoms with Crippen LogP contribution in [0.25, 0.3) is 6.08 Å². The molecule has 108 valence electrons. The number of aromatic hydroxyl groups is 1. The Morgan fingerprint density at radius 3 is 2.70 bits per heavy atom. The van der Waals surface area contributed by atoms with Crippen molar-refractivity contribution < 1.29 is 19.4 Å². The Morgan fingerprint density at radius 2 is 2.10 bits per heavy atom. The van der Waals surface area contributed by atoms with Gasteiger partial charge in [-0.15, -0.1) is 0 Å². The number of carbonyl (C=O) groups excluding carboxylic acids is 2. The van der Waals surface area contributed by atoms with Crippen LogP contribution in [0.2, 0.25) is 0 Å². The second-order valence-corrected chi connectivity index (χ2v) is 5.22. The van der Waals surface area contributed by atoms with Crippen molar-refractivity contribution in [3.63, 3.8) is 0 Å². The number of nitrogens with one attached hydrogen (secondary N) is 1. The number of hydrogen-bond donors (Lipinski definition) is 2. The molecule has 1 aromatic carbocycles. The van der Waals surface area contributed by atoms with Gasteiger partial charge in [-0.1, -0.05) is 18.2 Å². The summed E-state index contributed by atoms with van der Waals surface area (Å²) in [4.78, 5) is 22.0. The molecule has 1 amide bonds. The van der Waals surface area contributed by atoms with Gasteiger partial charge in [0.2, 0.25) is 0 Å². The predicted molar refractivity (Wildman–Crippen MR) is 76.8 cm³/mol. The number of rotatable bonds is 4. The molecule has 0 aliphatic rings. The van der Waals surface area contributed by atoms with E-state index in [1.54, 1.807) is 45.1 Å². The Morgan fingerprint density at radius 1 is 1.40 bits per heavy atom. The molecule has 0 saturated carbocycles. The number of benzene rings is 1. The van der Waals surface area contributed by atoms with Crippen LogP contribution in [0.3, 0.4) is 0 Å². The third-order valence-corrected chi connectivity index (χ3v) is 2.25. The summed E-state index contributed by atoms with van der Waals surface area (Å²) in [5.74, 6) is -0.0518. The number of alkyl carbamates (subject to hydrolysis) is 1. The third-order valence-electron chi connectivity index (χ3n) is 2.25. The number of phenols is 1. The molecule has 0 heterocycles. The van der Waals surface area contributed by atoms with Crippen molar-refractivity contribution >= 4 is 18.5 Å². The third kappa shape index (κ3) is 5.56. The van der Waals surface area contributed by atoms with E-state index in [2.05, 4.69) is 5.32 Å². The first-order chi connectivity index (χ1) is 9.31. The van der Waals surface area contributed by atoms with Crippen molar-refractivity contribution in [3.05, 3.63) is 35.4 Å². The zero-order valence-corrected chi connectivity index (χ0v) is 11.8. The highest BCUT2D eigenvalue weighted by Crippen LogP contribution is 2.17. The van der Waals surface area contributed by atoms with Crippen LogP contribution in [-0.4, -0.2) is 29.6 Å². The van der Waals surface area contributed by atoms with Crippen LogP contribution in [0, 0.1) is 0 Å². The van der Waals surface area contributed by atoms with E-state index in [0.717, 1.165) is 5.56 Å². The Labute approximate surface area is 118 Å². The van der Waals surface area contributed by atoms with Gasteiger partial charge in [0.05, 0.1) is 5.56 Å². The maximum absolute atomic E-state index is 11.4. The molecule has 1 aromatic rings.